The Hall–Kier alpha value is -1.75. The fraction of sp³-hybridized carbons (Fsp3) is 0.333. The number of para-hydroxylation sites is 2. The second-order valence-electron chi connectivity index (χ2n) is 4.05. The molecule has 0 unspecified atom stereocenters. The summed E-state index contributed by atoms with van der Waals surface area (Å²) in [7, 11) is 1.97. The Bertz CT molecular complexity index is 478. The second-order valence-corrected chi connectivity index (χ2v) is 4.32. The molecule has 1 aliphatic rings. The van der Waals surface area contributed by atoms with Crippen molar-refractivity contribution in [1.82, 2.24) is 5.32 Å². The molecule has 0 atom stereocenters. The Balaban J connectivity index is 2.23. The number of anilines is 2. The van der Waals surface area contributed by atoms with Crippen molar-refractivity contribution in [2.75, 3.05) is 35.8 Å². The molecule has 0 radical (unpaired) electrons. The molecule has 96 valence electrons. The lowest BCUT2D eigenvalue weighted by molar-refractivity contribution is -0.117. The predicted molar refractivity (Wildman–Crippen MR) is 71.3 cm³/mol. The molecule has 0 fully saturated rings. The molecule has 0 aromatic heterocycles. The SMILES string of the molecule is CN1CCN(C(=O)NC(=O)CCl)c2ccccc21. The third-order valence-corrected chi connectivity index (χ3v) is 3.10. The summed E-state index contributed by atoms with van der Waals surface area (Å²) in [4.78, 5) is 26.7. The molecule has 0 spiro atoms. The zero-order valence-corrected chi connectivity index (χ0v) is 10.8. The van der Waals surface area contributed by atoms with Gasteiger partial charge in [0.1, 0.15) is 5.88 Å². The zero-order valence-electron chi connectivity index (χ0n) is 10.0. The quantitative estimate of drug-likeness (QED) is 0.783. The maximum atomic E-state index is 12.0. The van der Waals surface area contributed by atoms with E-state index in [1.54, 1.807) is 4.90 Å². The lowest BCUT2D eigenvalue weighted by atomic mass is 10.2. The maximum Gasteiger partial charge on any atom is 0.328 e. The van der Waals surface area contributed by atoms with Gasteiger partial charge in [0.25, 0.3) is 0 Å². The van der Waals surface area contributed by atoms with Crippen molar-refractivity contribution in [2.45, 2.75) is 0 Å². The first-order valence-electron chi connectivity index (χ1n) is 5.61. The third kappa shape index (κ3) is 2.41. The molecule has 3 amide bonds. The molecule has 1 heterocycles. The first kappa shape index (κ1) is 12.7. The Kier molecular flexibility index (Phi) is 3.72. The number of rotatable bonds is 1. The second kappa shape index (κ2) is 5.27. The average molecular weight is 268 g/mol. The minimum Gasteiger partial charge on any atom is -0.371 e. The van der Waals surface area contributed by atoms with Gasteiger partial charge >= 0.3 is 6.03 Å². The van der Waals surface area contributed by atoms with Crippen LogP contribution < -0.4 is 15.1 Å². The minimum absolute atomic E-state index is 0.221. The molecular formula is C12H14ClN3O2. The van der Waals surface area contributed by atoms with Crippen LogP contribution in [0.2, 0.25) is 0 Å². The number of urea groups is 1. The molecule has 5 nitrogen and oxygen atoms in total. The van der Waals surface area contributed by atoms with Crippen LogP contribution in [0.15, 0.2) is 24.3 Å². The lowest BCUT2D eigenvalue weighted by Crippen LogP contribution is -2.49. The number of nitrogens with one attached hydrogen (secondary N) is 1. The number of nitrogens with zero attached hydrogens (tertiary/aromatic N) is 2. The number of likely N-dealkylation sites (N-methyl/N-ethyl adjacent to an activating group) is 1. The third-order valence-electron chi connectivity index (χ3n) is 2.86. The van der Waals surface area contributed by atoms with Crippen LogP contribution in [0, 0.1) is 0 Å². The Labute approximate surface area is 110 Å². The predicted octanol–water partition coefficient (Wildman–Crippen LogP) is 1.42. The van der Waals surface area contributed by atoms with E-state index < -0.39 is 11.9 Å². The number of hydrogen-bond donors (Lipinski definition) is 1. The van der Waals surface area contributed by atoms with E-state index in [4.69, 9.17) is 11.6 Å². The smallest absolute Gasteiger partial charge is 0.328 e. The number of fused-ring (bicyclic) bond motifs is 1. The van der Waals surface area contributed by atoms with Gasteiger partial charge in [0.15, 0.2) is 0 Å². The first-order valence-corrected chi connectivity index (χ1v) is 6.14. The van der Waals surface area contributed by atoms with Gasteiger partial charge in [-0.05, 0) is 12.1 Å². The van der Waals surface area contributed by atoms with Crippen molar-refractivity contribution in [3.8, 4) is 0 Å². The van der Waals surface area contributed by atoms with E-state index >= 15 is 0 Å². The van der Waals surface area contributed by atoms with E-state index in [1.807, 2.05) is 31.3 Å². The minimum atomic E-state index is -0.488. The summed E-state index contributed by atoms with van der Waals surface area (Å²) in [6, 6.07) is 7.15. The highest BCUT2D eigenvalue weighted by Gasteiger charge is 2.25. The van der Waals surface area contributed by atoms with E-state index in [2.05, 4.69) is 10.2 Å². The van der Waals surface area contributed by atoms with Crippen LogP contribution in [-0.2, 0) is 4.79 Å². The summed E-state index contributed by atoms with van der Waals surface area (Å²) < 4.78 is 0. The summed E-state index contributed by atoms with van der Waals surface area (Å²) in [6.45, 7) is 1.26. The molecule has 1 aromatic rings. The van der Waals surface area contributed by atoms with Crippen molar-refractivity contribution in [2.24, 2.45) is 0 Å². The fourth-order valence-electron chi connectivity index (χ4n) is 1.94. The summed E-state index contributed by atoms with van der Waals surface area (Å²) in [5.74, 6) is -0.709. The van der Waals surface area contributed by atoms with Gasteiger partial charge in [-0.2, -0.15) is 0 Å². The topological polar surface area (TPSA) is 52.6 Å². The summed E-state index contributed by atoms with van der Waals surface area (Å²) in [6.07, 6.45) is 0. The monoisotopic (exact) mass is 267 g/mol. The molecule has 0 saturated heterocycles. The number of amides is 3. The molecule has 0 bridgehead atoms. The standard InChI is InChI=1S/C12H14ClN3O2/c1-15-6-7-16(12(18)14-11(17)8-13)10-5-3-2-4-9(10)15/h2-5H,6-8H2,1H3,(H,14,17,18). The van der Waals surface area contributed by atoms with Crippen molar-refractivity contribution in [1.29, 1.82) is 0 Å². The van der Waals surface area contributed by atoms with Gasteiger partial charge in [0.05, 0.1) is 11.4 Å². The largest absolute Gasteiger partial charge is 0.371 e. The van der Waals surface area contributed by atoms with Crippen molar-refractivity contribution in [3.05, 3.63) is 24.3 Å². The van der Waals surface area contributed by atoms with Crippen LogP contribution in [0.1, 0.15) is 0 Å². The number of benzene rings is 1. The van der Waals surface area contributed by atoms with Crippen LogP contribution in [-0.4, -0.2) is 38.0 Å². The first-order chi connectivity index (χ1) is 8.63. The van der Waals surface area contributed by atoms with E-state index in [-0.39, 0.29) is 5.88 Å². The van der Waals surface area contributed by atoms with Gasteiger partial charge in [-0.15, -0.1) is 11.6 Å². The van der Waals surface area contributed by atoms with E-state index in [9.17, 15) is 9.59 Å². The highest BCUT2D eigenvalue weighted by molar-refractivity contribution is 6.28. The van der Waals surface area contributed by atoms with Gasteiger partial charge in [0.2, 0.25) is 5.91 Å². The van der Waals surface area contributed by atoms with Gasteiger partial charge in [-0.25, -0.2) is 4.79 Å². The van der Waals surface area contributed by atoms with E-state index in [0.717, 1.165) is 17.9 Å². The molecule has 1 N–H and O–H groups in total. The molecule has 0 saturated carbocycles. The molecule has 1 aliphatic heterocycles. The summed E-state index contributed by atoms with van der Waals surface area (Å²) in [5, 5.41) is 2.25. The maximum absolute atomic E-state index is 12.0. The van der Waals surface area contributed by atoms with Gasteiger partial charge in [0, 0.05) is 20.1 Å². The molecule has 1 aromatic carbocycles. The van der Waals surface area contributed by atoms with E-state index in [1.165, 1.54) is 0 Å². The van der Waals surface area contributed by atoms with Gasteiger partial charge < -0.3 is 4.90 Å². The molecule has 6 heteroatoms. The zero-order chi connectivity index (χ0) is 13.1. The van der Waals surface area contributed by atoms with Crippen LogP contribution in [0.25, 0.3) is 0 Å². The van der Waals surface area contributed by atoms with Crippen LogP contribution >= 0.6 is 11.6 Å². The van der Waals surface area contributed by atoms with Gasteiger partial charge in [-0.3, -0.25) is 15.0 Å². The number of halogens is 1. The number of alkyl halides is 1. The Morgan fingerprint density at radius 2 is 1.94 bits per heavy atom. The molecular weight excluding hydrogens is 254 g/mol. The molecule has 18 heavy (non-hydrogen) atoms. The number of carbonyl (C=O) groups excluding carboxylic acids is 2. The fourth-order valence-corrected chi connectivity index (χ4v) is 2.00. The summed E-state index contributed by atoms with van der Waals surface area (Å²) >= 11 is 5.37. The number of imide groups is 1. The number of hydrogen-bond acceptors (Lipinski definition) is 3. The Morgan fingerprint density at radius 1 is 1.28 bits per heavy atom. The van der Waals surface area contributed by atoms with E-state index in [0.29, 0.717) is 6.54 Å². The van der Waals surface area contributed by atoms with Gasteiger partial charge in [-0.1, -0.05) is 12.1 Å². The highest BCUT2D eigenvalue weighted by Crippen LogP contribution is 2.31. The highest BCUT2D eigenvalue weighted by atomic mass is 35.5. The Morgan fingerprint density at radius 3 is 2.61 bits per heavy atom. The van der Waals surface area contributed by atoms with Crippen molar-refractivity contribution >= 4 is 34.9 Å². The van der Waals surface area contributed by atoms with Crippen LogP contribution in [0.3, 0.4) is 0 Å². The van der Waals surface area contributed by atoms with Crippen molar-refractivity contribution in [3.63, 3.8) is 0 Å². The van der Waals surface area contributed by atoms with Crippen LogP contribution in [0.4, 0.5) is 16.2 Å². The summed E-state index contributed by atoms with van der Waals surface area (Å²) in [5.41, 5.74) is 1.77. The lowest BCUT2D eigenvalue weighted by Gasteiger charge is -2.35. The molecule has 2 rings (SSSR count). The molecule has 0 aliphatic carbocycles. The average Bonchev–Trinajstić information content (AvgIpc) is 2.39. The number of carbonyl (C=O) groups is 2. The van der Waals surface area contributed by atoms with Crippen molar-refractivity contribution < 1.29 is 9.59 Å². The van der Waals surface area contributed by atoms with Crippen LogP contribution in [0.5, 0.6) is 0 Å². The normalized spacial score (nSPS) is 14.1.